The van der Waals surface area contributed by atoms with Crippen LogP contribution in [0.25, 0.3) is 5.70 Å². The van der Waals surface area contributed by atoms with Crippen LogP contribution in [0.5, 0.6) is 11.5 Å². The lowest BCUT2D eigenvalue weighted by Crippen LogP contribution is -2.43. The van der Waals surface area contributed by atoms with E-state index in [4.69, 9.17) is 9.47 Å². The van der Waals surface area contributed by atoms with Crippen LogP contribution in [0, 0.1) is 10.1 Å². The van der Waals surface area contributed by atoms with E-state index in [1.165, 1.54) is 6.07 Å². The molecule has 0 aliphatic carbocycles. The summed E-state index contributed by atoms with van der Waals surface area (Å²) in [7, 11) is 1.63. The van der Waals surface area contributed by atoms with Gasteiger partial charge in [-0.2, -0.15) is 5.01 Å². The van der Waals surface area contributed by atoms with E-state index >= 15 is 0 Å². The van der Waals surface area contributed by atoms with Crippen LogP contribution in [0.3, 0.4) is 0 Å². The third-order valence-corrected chi connectivity index (χ3v) is 5.35. The van der Waals surface area contributed by atoms with Crippen LogP contribution in [0.4, 0.5) is 5.69 Å². The quantitative estimate of drug-likeness (QED) is 0.509. The molecule has 7 nitrogen and oxygen atoms in total. The molecule has 5 rings (SSSR count). The fourth-order valence-electron chi connectivity index (χ4n) is 3.90. The minimum absolute atomic E-state index is 0.0311. The minimum Gasteiger partial charge on any atom is -0.497 e. The molecule has 2 aliphatic rings. The van der Waals surface area contributed by atoms with Gasteiger partial charge in [-0.15, -0.1) is 0 Å². The molecule has 2 unspecified atom stereocenters. The molecule has 0 spiro atoms. The zero-order chi connectivity index (χ0) is 20.7. The van der Waals surface area contributed by atoms with Gasteiger partial charge < -0.3 is 14.9 Å². The normalized spacial score (nSPS) is 19.7. The van der Waals surface area contributed by atoms with Gasteiger partial charge in [-0.05, 0) is 29.8 Å². The first-order valence-corrected chi connectivity index (χ1v) is 9.55. The Morgan fingerprint density at radius 1 is 1.07 bits per heavy atom. The predicted molar refractivity (Wildman–Crippen MR) is 112 cm³/mol. The summed E-state index contributed by atoms with van der Waals surface area (Å²) in [6.45, 7) is 0. The largest absolute Gasteiger partial charge is 0.497 e. The number of fused-ring (bicyclic) bond motifs is 3. The maximum Gasteiger partial charge on any atom is 0.269 e. The average molecular weight is 401 g/mol. The van der Waals surface area contributed by atoms with Crippen molar-refractivity contribution in [2.45, 2.75) is 12.3 Å². The van der Waals surface area contributed by atoms with Crippen molar-refractivity contribution in [1.82, 2.24) is 10.4 Å². The van der Waals surface area contributed by atoms with Crippen molar-refractivity contribution >= 4 is 11.4 Å². The van der Waals surface area contributed by atoms with Gasteiger partial charge in [0.2, 0.25) is 0 Å². The Hall–Kier alpha value is -3.84. The van der Waals surface area contributed by atoms with Gasteiger partial charge in [-0.1, -0.05) is 42.5 Å². The number of nitro groups is 1. The Morgan fingerprint density at radius 2 is 1.90 bits per heavy atom. The molecular weight excluding hydrogens is 382 g/mol. The molecule has 3 aromatic rings. The summed E-state index contributed by atoms with van der Waals surface area (Å²) in [6, 6.07) is 22.1. The van der Waals surface area contributed by atoms with Crippen molar-refractivity contribution in [1.29, 1.82) is 0 Å². The highest BCUT2D eigenvalue weighted by Gasteiger charge is 2.40. The van der Waals surface area contributed by atoms with Crippen LogP contribution in [0.1, 0.15) is 29.0 Å². The highest BCUT2D eigenvalue weighted by Crippen LogP contribution is 2.47. The van der Waals surface area contributed by atoms with Gasteiger partial charge in [0.15, 0.2) is 6.23 Å². The zero-order valence-electron chi connectivity index (χ0n) is 16.2. The molecule has 2 heterocycles. The SMILES string of the molecule is COc1ccc2c(c1)C1C=C(c3ccccc3)NN1C(c1cccc([N+](=O)[O-])c1)O2. The van der Waals surface area contributed by atoms with Crippen molar-refractivity contribution in [3.63, 3.8) is 0 Å². The van der Waals surface area contributed by atoms with Crippen LogP contribution < -0.4 is 14.9 Å². The molecular formula is C23H19N3O4. The lowest BCUT2D eigenvalue weighted by atomic mass is 10.00. The first-order valence-electron chi connectivity index (χ1n) is 9.55. The number of hydrogen-bond acceptors (Lipinski definition) is 6. The maximum absolute atomic E-state index is 11.3. The van der Waals surface area contributed by atoms with Crippen LogP contribution >= 0.6 is 0 Å². The number of methoxy groups -OCH3 is 1. The summed E-state index contributed by atoms with van der Waals surface area (Å²) in [4.78, 5) is 10.9. The van der Waals surface area contributed by atoms with Gasteiger partial charge in [0.05, 0.1) is 23.8 Å². The topological polar surface area (TPSA) is 76.9 Å². The molecule has 2 atom stereocenters. The average Bonchev–Trinajstić information content (AvgIpc) is 3.24. The number of nitrogens with one attached hydrogen (secondary N) is 1. The predicted octanol–water partition coefficient (Wildman–Crippen LogP) is 4.60. The van der Waals surface area contributed by atoms with Gasteiger partial charge in [0.25, 0.3) is 5.69 Å². The minimum atomic E-state index is -0.534. The lowest BCUT2D eigenvalue weighted by molar-refractivity contribution is -0.385. The van der Waals surface area contributed by atoms with E-state index in [-0.39, 0.29) is 11.7 Å². The monoisotopic (exact) mass is 401 g/mol. The van der Waals surface area contributed by atoms with E-state index < -0.39 is 11.2 Å². The molecule has 0 fully saturated rings. The van der Waals surface area contributed by atoms with Gasteiger partial charge in [0, 0.05) is 23.3 Å². The van der Waals surface area contributed by atoms with Crippen molar-refractivity contribution in [2.75, 3.05) is 7.11 Å². The molecule has 7 heteroatoms. The van der Waals surface area contributed by atoms with E-state index in [2.05, 4.69) is 11.5 Å². The van der Waals surface area contributed by atoms with E-state index in [1.807, 2.05) is 59.6 Å². The number of nitro benzene ring substituents is 1. The Morgan fingerprint density at radius 3 is 2.67 bits per heavy atom. The fourth-order valence-corrected chi connectivity index (χ4v) is 3.90. The number of ether oxygens (including phenoxy) is 2. The third kappa shape index (κ3) is 3.05. The van der Waals surface area contributed by atoms with Crippen molar-refractivity contribution in [2.24, 2.45) is 0 Å². The van der Waals surface area contributed by atoms with Crippen LogP contribution in [-0.4, -0.2) is 17.0 Å². The second-order valence-electron chi connectivity index (χ2n) is 7.14. The lowest BCUT2D eigenvalue weighted by Gasteiger charge is -2.39. The second kappa shape index (κ2) is 7.20. The number of benzene rings is 3. The number of hydrazine groups is 1. The highest BCUT2D eigenvalue weighted by molar-refractivity contribution is 5.67. The molecule has 1 N–H and O–H groups in total. The summed E-state index contributed by atoms with van der Waals surface area (Å²) in [6.07, 6.45) is 1.61. The van der Waals surface area contributed by atoms with E-state index in [1.54, 1.807) is 19.2 Å². The highest BCUT2D eigenvalue weighted by atomic mass is 16.6. The first kappa shape index (κ1) is 18.2. The number of non-ortho nitro benzene ring substituents is 1. The summed E-state index contributed by atoms with van der Waals surface area (Å²) in [5.74, 6) is 1.47. The summed E-state index contributed by atoms with van der Waals surface area (Å²) < 4.78 is 11.7. The second-order valence-corrected chi connectivity index (χ2v) is 7.14. The van der Waals surface area contributed by atoms with Crippen molar-refractivity contribution < 1.29 is 14.4 Å². The van der Waals surface area contributed by atoms with Gasteiger partial charge in [0.1, 0.15) is 11.5 Å². The Balaban J connectivity index is 1.60. The zero-order valence-corrected chi connectivity index (χ0v) is 16.2. The van der Waals surface area contributed by atoms with Crippen LogP contribution in [0.2, 0.25) is 0 Å². The summed E-state index contributed by atoms with van der Waals surface area (Å²) in [5, 5.41) is 13.3. The number of rotatable bonds is 4. The van der Waals surface area contributed by atoms with E-state index in [9.17, 15) is 10.1 Å². The molecule has 2 aliphatic heterocycles. The van der Waals surface area contributed by atoms with E-state index in [0.717, 1.165) is 28.3 Å². The third-order valence-electron chi connectivity index (χ3n) is 5.35. The molecule has 0 bridgehead atoms. The molecule has 3 aromatic carbocycles. The first-order chi connectivity index (χ1) is 14.6. The Bertz CT molecular complexity index is 1150. The Kier molecular flexibility index (Phi) is 4.37. The van der Waals surface area contributed by atoms with Gasteiger partial charge in [-0.3, -0.25) is 10.1 Å². The van der Waals surface area contributed by atoms with Crippen molar-refractivity contribution in [3.8, 4) is 11.5 Å². The molecule has 0 amide bonds. The fraction of sp³-hybridized carbons (Fsp3) is 0.130. The van der Waals surface area contributed by atoms with Crippen LogP contribution in [0.15, 0.2) is 78.9 Å². The molecule has 0 aromatic heterocycles. The van der Waals surface area contributed by atoms with Crippen LogP contribution in [-0.2, 0) is 0 Å². The summed E-state index contributed by atoms with van der Waals surface area (Å²) >= 11 is 0. The van der Waals surface area contributed by atoms with Crippen molar-refractivity contribution in [3.05, 3.63) is 106 Å². The molecule has 0 radical (unpaired) electrons. The summed E-state index contributed by atoms with van der Waals surface area (Å²) in [5.41, 5.74) is 7.15. The molecule has 0 saturated carbocycles. The molecule has 0 saturated heterocycles. The standard InChI is InChI=1S/C23H19N3O4/c1-29-18-10-11-22-19(13-18)21-14-20(15-6-3-2-4-7-15)24-25(21)23(30-22)16-8-5-9-17(12-16)26(27)28/h2-14,21,23-24H,1H3. The smallest absolute Gasteiger partial charge is 0.269 e. The molecule has 150 valence electrons. The Labute approximate surface area is 173 Å². The van der Waals surface area contributed by atoms with Gasteiger partial charge in [-0.25, -0.2) is 0 Å². The molecule has 30 heavy (non-hydrogen) atoms. The van der Waals surface area contributed by atoms with Gasteiger partial charge >= 0.3 is 0 Å². The number of nitrogens with zero attached hydrogens (tertiary/aromatic N) is 2. The number of hydrogen-bond donors (Lipinski definition) is 1. The van der Waals surface area contributed by atoms with E-state index in [0.29, 0.717) is 5.56 Å². The maximum atomic E-state index is 11.3.